The molecule has 3 aromatic rings. The van der Waals surface area contributed by atoms with Crippen molar-refractivity contribution in [1.29, 1.82) is 0 Å². The first kappa shape index (κ1) is 27.3. The van der Waals surface area contributed by atoms with E-state index < -0.39 is 0 Å². The number of amides is 2. The molecule has 0 unspecified atom stereocenters. The van der Waals surface area contributed by atoms with Crippen molar-refractivity contribution in [2.75, 3.05) is 64.7 Å². The first-order valence-electron chi connectivity index (χ1n) is 13.6. The molecule has 0 atom stereocenters. The van der Waals surface area contributed by atoms with Gasteiger partial charge in [0, 0.05) is 69.9 Å². The highest BCUT2D eigenvalue weighted by molar-refractivity contribution is 5.87. The Balaban J connectivity index is 1.40. The molecule has 2 fully saturated rings. The highest BCUT2D eigenvalue weighted by atomic mass is 16.5. The summed E-state index contributed by atoms with van der Waals surface area (Å²) in [5.74, 6) is 2.85. The van der Waals surface area contributed by atoms with Gasteiger partial charge in [-0.1, -0.05) is 0 Å². The zero-order chi connectivity index (χ0) is 28.1. The maximum Gasteiger partial charge on any atom is 0.226 e. The van der Waals surface area contributed by atoms with E-state index in [1.807, 2.05) is 14.4 Å². The number of nitrogens with one attached hydrogen (secondary N) is 2. The van der Waals surface area contributed by atoms with Crippen LogP contribution in [-0.4, -0.2) is 95.2 Å². The zero-order valence-electron chi connectivity index (χ0n) is 23.2. The summed E-state index contributed by atoms with van der Waals surface area (Å²) in [4.78, 5) is 41.9. The average molecular weight is 553 g/mol. The van der Waals surface area contributed by atoms with E-state index >= 15 is 0 Å². The van der Waals surface area contributed by atoms with E-state index in [9.17, 15) is 9.59 Å². The maximum atomic E-state index is 12.1. The fourth-order valence-corrected chi connectivity index (χ4v) is 5.14. The average Bonchev–Trinajstić information content (AvgIpc) is 3.69. The number of rotatable bonds is 13. The van der Waals surface area contributed by atoms with Gasteiger partial charge in [-0.15, -0.1) is 0 Å². The molecule has 2 aromatic heterocycles. The van der Waals surface area contributed by atoms with Crippen LogP contribution < -0.4 is 24.8 Å². The van der Waals surface area contributed by atoms with Crippen LogP contribution >= 0.6 is 0 Å². The molecule has 4 heterocycles. The van der Waals surface area contributed by atoms with Crippen molar-refractivity contribution in [3.05, 3.63) is 18.5 Å². The number of methoxy groups -OCH3 is 3. The Bertz CT molecular complexity index is 1350. The van der Waals surface area contributed by atoms with Crippen molar-refractivity contribution >= 4 is 40.4 Å². The molecule has 13 heteroatoms. The Kier molecular flexibility index (Phi) is 8.37. The molecule has 0 aliphatic carbocycles. The van der Waals surface area contributed by atoms with E-state index in [1.54, 1.807) is 39.8 Å². The SMILES string of the molecule is COc1cc(Nc2nc(NCCCN3CCCC3=O)nc3c2ncn3CCN2CCCC2=O)cc(OC)c1OC. The van der Waals surface area contributed by atoms with Gasteiger partial charge in [0.25, 0.3) is 0 Å². The predicted molar refractivity (Wildman–Crippen MR) is 149 cm³/mol. The summed E-state index contributed by atoms with van der Waals surface area (Å²) in [5.41, 5.74) is 1.91. The van der Waals surface area contributed by atoms with E-state index in [0.29, 0.717) is 84.9 Å². The molecule has 1 aromatic carbocycles. The quantitative estimate of drug-likeness (QED) is 0.305. The van der Waals surface area contributed by atoms with Gasteiger partial charge in [-0.3, -0.25) is 9.59 Å². The summed E-state index contributed by atoms with van der Waals surface area (Å²) in [6.07, 6.45) is 5.56. The summed E-state index contributed by atoms with van der Waals surface area (Å²) in [7, 11) is 4.68. The van der Waals surface area contributed by atoms with E-state index in [1.165, 1.54) is 0 Å². The minimum absolute atomic E-state index is 0.183. The lowest BCUT2D eigenvalue weighted by Crippen LogP contribution is -2.28. The second-order valence-corrected chi connectivity index (χ2v) is 9.79. The third kappa shape index (κ3) is 5.82. The van der Waals surface area contributed by atoms with Crippen molar-refractivity contribution in [1.82, 2.24) is 29.3 Å². The zero-order valence-corrected chi connectivity index (χ0v) is 23.2. The highest BCUT2D eigenvalue weighted by Crippen LogP contribution is 2.41. The first-order valence-corrected chi connectivity index (χ1v) is 13.6. The van der Waals surface area contributed by atoms with Crippen molar-refractivity contribution < 1.29 is 23.8 Å². The molecule has 5 rings (SSSR count). The summed E-state index contributed by atoms with van der Waals surface area (Å²) in [6, 6.07) is 3.59. The number of carbonyl (C=O) groups excluding carboxylic acids is 2. The lowest BCUT2D eigenvalue weighted by molar-refractivity contribution is -0.128. The number of benzene rings is 1. The van der Waals surface area contributed by atoms with Crippen molar-refractivity contribution in [3.63, 3.8) is 0 Å². The van der Waals surface area contributed by atoms with Gasteiger partial charge in [0.05, 0.1) is 27.7 Å². The number of fused-ring (bicyclic) bond motifs is 1. The first-order chi connectivity index (χ1) is 19.5. The van der Waals surface area contributed by atoms with Crippen LogP contribution in [0.1, 0.15) is 32.1 Å². The van der Waals surface area contributed by atoms with E-state index in [2.05, 4.69) is 15.6 Å². The lowest BCUT2D eigenvalue weighted by Gasteiger charge is -2.17. The number of carbonyl (C=O) groups is 2. The van der Waals surface area contributed by atoms with Gasteiger partial charge >= 0.3 is 0 Å². The second kappa shape index (κ2) is 12.3. The van der Waals surface area contributed by atoms with Gasteiger partial charge in [-0.25, -0.2) is 4.98 Å². The van der Waals surface area contributed by atoms with Crippen LogP contribution in [0, 0.1) is 0 Å². The lowest BCUT2D eigenvalue weighted by atomic mass is 10.2. The van der Waals surface area contributed by atoms with E-state index in [0.717, 1.165) is 32.4 Å². The fraction of sp³-hybridized carbons (Fsp3) is 0.519. The number of hydrogen-bond donors (Lipinski definition) is 2. The molecule has 0 radical (unpaired) electrons. The van der Waals surface area contributed by atoms with Crippen LogP contribution in [0.4, 0.5) is 17.5 Å². The van der Waals surface area contributed by atoms with E-state index in [4.69, 9.17) is 24.2 Å². The van der Waals surface area contributed by atoms with Crippen LogP contribution in [-0.2, 0) is 16.1 Å². The van der Waals surface area contributed by atoms with Crippen LogP contribution in [0.2, 0.25) is 0 Å². The minimum atomic E-state index is 0.183. The standard InChI is InChI=1S/C27H36N8O5/c1-38-19-15-18(16-20(39-2)24(19)40-3)30-25-23-26(35(17-29-23)14-13-34-11-5-8-22(34)37)32-27(31-25)28-9-6-12-33-10-4-7-21(33)36/h15-17H,4-14H2,1-3H3,(H2,28,30,31,32). The number of anilines is 3. The minimum Gasteiger partial charge on any atom is -0.493 e. The number of nitrogens with zero attached hydrogens (tertiary/aromatic N) is 6. The predicted octanol–water partition coefficient (Wildman–Crippen LogP) is 2.64. The van der Waals surface area contributed by atoms with Crippen molar-refractivity contribution in [3.8, 4) is 17.2 Å². The molecule has 2 saturated heterocycles. The van der Waals surface area contributed by atoms with E-state index in [-0.39, 0.29) is 11.8 Å². The summed E-state index contributed by atoms with van der Waals surface area (Å²) < 4.78 is 18.4. The van der Waals surface area contributed by atoms with Crippen LogP contribution in [0.5, 0.6) is 17.2 Å². The number of hydrogen-bond acceptors (Lipinski definition) is 10. The molecule has 214 valence electrons. The highest BCUT2D eigenvalue weighted by Gasteiger charge is 2.22. The number of ether oxygens (including phenoxy) is 3. The summed E-state index contributed by atoms with van der Waals surface area (Å²) in [5, 5.41) is 6.66. The van der Waals surface area contributed by atoms with Crippen LogP contribution in [0.3, 0.4) is 0 Å². The number of imidazole rings is 1. The summed E-state index contributed by atoms with van der Waals surface area (Å²) >= 11 is 0. The number of aromatic nitrogens is 4. The van der Waals surface area contributed by atoms with Gasteiger partial charge in [0.2, 0.25) is 23.5 Å². The van der Waals surface area contributed by atoms with Crippen molar-refractivity contribution in [2.45, 2.75) is 38.6 Å². The third-order valence-corrected chi connectivity index (χ3v) is 7.23. The van der Waals surface area contributed by atoms with Crippen molar-refractivity contribution in [2.24, 2.45) is 0 Å². The molecule has 2 N–H and O–H groups in total. The molecule has 2 amide bonds. The van der Waals surface area contributed by atoms with Crippen LogP contribution in [0.15, 0.2) is 18.5 Å². The molecule has 40 heavy (non-hydrogen) atoms. The molecule has 0 saturated carbocycles. The Morgan fingerprint density at radius 1 is 0.875 bits per heavy atom. The Morgan fingerprint density at radius 2 is 1.55 bits per heavy atom. The summed E-state index contributed by atoms with van der Waals surface area (Å²) in [6.45, 7) is 4.07. The molecule has 2 aliphatic heterocycles. The molecule has 0 bridgehead atoms. The molecular formula is C27H36N8O5. The Morgan fingerprint density at radius 3 is 2.15 bits per heavy atom. The van der Waals surface area contributed by atoms with Gasteiger partial charge in [-0.2, -0.15) is 9.97 Å². The fourth-order valence-electron chi connectivity index (χ4n) is 5.14. The van der Waals surface area contributed by atoms with Gasteiger partial charge in [-0.05, 0) is 19.3 Å². The van der Waals surface area contributed by atoms with Crippen LogP contribution in [0.25, 0.3) is 11.2 Å². The second-order valence-electron chi connectivity index (χ2n) is 9.79. The topological polar surface area (TPSA) is 136 Å². The van der Waals surface area contributed by atoms with Gasteiger partial charge < -0.3 is 39.2 Å². The normalized spacial score (nSPS) is 15.3. The third-order valence-electron chi connectivity index (χ3n) is 7.23. The largest absolute Gasteiger partial charge is 0.493 e. The Hall–Kier alpha value is -4.29. The van der Waals surface area contributed by atoms with Gasteiger partial charge in [0.1, 0.15) is 0 Å². The molecule has 13 nitrogen and oxygen atoms in total. The molecular weight excluding hydrogens is 516 g/mol. The maximum absolute atomic E-state index is 12.1. The Labute approximate surface area is 232 Å². The van der Waals surface area contributed by atoms with Gasteiger partial charge in [0.15, 0.2) is 28.5 Å². The molecule has 0 spiro atoms. The smallest absolute Gasteiger partial charge is 0.226 e. The molecule has 2 aliphatic rings. The number of likely N-dealkylation sites (tertiary alicyclic amines) is 2. The monoisotopic (exact) mass is 552 g/mol.